The Morgan fingerprint density at radius 3 is 2.13 bits per heavy atom. The highest BCUT2D eigenvalue weighted by Gasteiger charge is 2.29. The van der Waals surface area contributed by atoms with Gasteiger partial charge in [0.2, 0.25) is 5.12 Å². The van der Waals surface area contributed by atoms with E-state index in [-0.39, 0.29) is 10.4 Å². The van der Waals surface area contributed by atoms with Gasteiger partial charge in [-0.3, -0.25) is 9.69 Å². The third-order valence-corrected chi connectivity index (χ3v) is 5.90. The van der Waals surface area contributed by atoms with Crippen LogP contribution in [-0.4, -0.2) is 29.1 Å². The van der Waals surface area contributed by atoms with Crippen LogP contribution in [0.4, 0.5) is 0 Å². The van der Waals surface area contributed by atoms with Crippen LogP contribution in [0.1, 0.15) is 40.9 Å². The van der Waals surface area contributed by atoms with Gasteiger partial charge in [0.1, 0.15) is 0 Å². The SMILES string of the molecule is C[C@H]([C@@H](SC(=O)c1ccccc1)c1ccccc1)N1CCCC1. The lowest BCUT2D eigenvalue weighted by Gasteiger charge is -2.31. The van der Waals surface area contributed by atoms with Crippen LogP contribution in [-0.2, 0) is 0 Å². The summed E-state index contributed by atoms with van der Waals surface area (Å²) in [5.74, 6) is 0. The van der Waals surface area contributed by atoms with Crippen molar-refractivity contribution in [2.24, 2.45) is 0 Å². The molecule has 0 saturated carbocycles. The van der Waals surface area contributed by atoms with Crippen molar-refractivity contribution in [3.8, 4) is 0 Å². The van der Waals surface area contributed by atoms with Crippen molar-refractivity contribution < 1.29 is 4.79 Å². The number of hydrogen-bond acceptors (Lipinski definition) is 3. The fourth-order valence-electron chi connectivity index (χ4n) is 3.19. The molecule has 23 heavy (non-hydrogen) atoms. The van der Waals surface area contributed by atoms with Crippen LogP contribution in [0, 0.1) is 0 Å². The lowest BCUT2D eigenvalue weighted by Crippen LogP contribution is -2.34. The molecule has 0 aromatic heterocycles. The lowest BCUT2D eigenvalue weighted by molar-refractivity contribution is 0.108. The fraction of sp³-hybridized carbons (Fsp3) is 0.350. The topological polar surface area (TPSA) is 20.3 Å². The Bertz CT molecular complexity index is 623. The van der Waals surface area contributed by atoms with Gasteiger partial charge in [-0.25, -0.2) is 0 Å². The second-order valence-corrected chi connectivity index (χ2v) is 7.20. The first-order valence-electron chi connectivity index (χ1n) is 8.31. The standard InChI is InChI=1S/C20H23NOS/c1-16(21-14-8-9-15-21)19(17-10-4-2-5-11-17)23-20(22)18-12-6-3-7-13-18/h2-7,10-13,16,19H,8-9,14-15H2,1H3/t16-,19-/m1/s1. The molecule has 2 aromatic rings. The second-order valence-electron chi connectivity index (χ2n) is 6.09. The minimum Gasteiger partial charge on any atom is -0.299 e. The molecule has 0 unspecified atom stereocenters. The van der Waals surface area contributed by atoms with Gasteiger partial charge in [-0.05, 0) is 38.4 Å². The molecule has 2 atom stereocenters. The third kappa shape index (κ3) is 4.04. The molecule has 1 aliphatic rings. The molecular weight excluding hydrogens is 302 g/mol. The van der Waals surface area contributed by atoms with Crippen molar-refractivity contribution in [2.45, 2.75) is 31.1 Å². The first-order valence-corrected chi connectivity index (χ1v) is 9.18. The number of hydrogen-bond donors (Lipinski definition) is 0. The molecular formula is C20H23NOS. The number of nitrogens with zero attached hydrogens (tertiary/aromatic N) is 1. The van der Waals surface area contributed by atoms with E-state index in [4.69, 9.17) is 0 Å². The maximum atomic E-state index is 12.7. The maximum absolute atomic E-state index is 12.7. The van der Waals surface area contributed by atoms with Gasteiger partial charge in [-0.1, -0.05) is 72.4 Å². The minimum atomic E-state index is 0.158. The van der Waals surface area contributed by atoms with E-state index < -0.39 is 0 Å². The van der Waals surface area contributed by atoms with E-state index in [2.05, 4.69) is 36.1 Å². The van der Waals surface area contributed by atoms with Gasteiger partial charge in [0.15, 0.2) is 0 Å². The van der Waals surface area contributed by atoms with Crippen LogP contribution in [0.3, 0.4) is 0 Å². The molecule has 3 heteroatoms. The van der Waals surface area contributed by atoms with Gasteiger partial charge < -0.3 is 0 Å². The normalized spacial score (nSPS) is 17.8. The van der Waals surface area contributed by atoms with Gasteiger partial charge in [-0.15, -0.1) is 0 Å². The Hall–Kier alpha value is -1.58. The highest BCUT2D eigenvalue weighted by Crippen LogP contribution is 2.37. The molecule has 2 aromatic carbocycles. The molecule has 2 nitrogen and oxygen atoms in total. The van der Waals surface area contributed by atoms with Crippen molar-refractivity contribution in [3.63, 3.8) is 0 Å². The Labute approximate surface area is 142 Å². The Morgan fingerprint density at radius 1 is 0.957 bits per heavy atom. The molecule has 1 fully saturated rings. The van der Waals surface area contributed by atoms with E-state index in [1.165, 1.54) is 30.2 Å². The monoisotopic (exact) mass is 325 g/mol. The van der Waals surface area contributed by atoms with Crippen LogP contribution in [0.5, 0.6) is 0 Å². The average molecular weight is 325 g/mol. The smallest absolute Gasteiger partial charge is 0.220 e. The summed E-state index contributed by atoms with van der Waals surface area (Å²) in [6.07, 6.45) is 2.53. The molecule has 0 radical (unpaired) electrons. The highest BCUT2D eigenvalue weighted by atomic mass is 32.2. The summed E-state index contributed by atoms with van der Waals surface area (Å²) in [6.45, 7) is 4.55. The zero-order valence-electron chi connectivity index (χ0n) is 13.5. The van der Waals surface area contributed by atoms with Gasteiger partial charge >= 0.3 is 0 Å². The average Bonchev–Trinajstić information content (AvgIpc) is 3.15. The second kappa shape index (κ2) is 7.80. The number of rotatable bonds is 5. The number of likely N-dealkylation sites (tertiary alicyclic amines) is 1. The molecule has 3 rings (SSSR count). The summed E-state index contributed by atoms with van der Waals surface area (Å²) in [6, 6.07) is 20.4. The summed E-state index contributed by atoms with van der Waals surface area (Å²) < 4.78 is 0. The van der Waals surface area contributed by atoms with Crippen molar-refractivity contribution in [1.82, 2.24) is 4.90 Å². The summed E-state index contributed by atoms with van der Waals surface area (Å²) in [7, 11) is 0. The number of thioether (sulfide) groups is 1. The van der Waals surface area contributed by atoms with E-state index in [0.29, 0.717) is 6.04 Å². The Balaban J connectivity index is 1.81. The first-order chi connectivity index (χ1) is 11.3. The Morgan fingerprint density at radius 2 is 1.52 bits per heavy atom. The molecule has 1 aliphatic heterocycles. The van der Waals surface area contributed by atoms with E-state index in [1.54, 1.807) is 0 Å². The number of benzene rings is 2. The van der Waals surface area contributed by atoms with Crippen LogP contribution >= 0.6 is 11.8 Å². The van der Waals surface area contributed by atoms with Crippen LogP contribution < -0.4 is 0 Å². The van der Waals surface area contributed by atoms with Gasteiger partial charge in [0, 0.05) is 11.6 Å². The maximum Gasteiger partial charge on any atom is 0.220 e. The predicted molar refractivity (Wildman–Crippen MR) is 97.8 cm³/mol. The summed E-state index contributed by atoms with van der Waals surface area (Å²) in [4.78, 5) is 15.2. The Kier molecular flexibility index (Phi) is 5.52. The summed E-state index contributed by atoms with van der Waals surface area (Å²) in [5, 5.41) is 0.326. The predicted octanol–water partition coefficient (Wildman–Crippen LogP) is 4.79. The van der Waals surface area contributed by atoms with Crippen LogP contribution in [0.25, 0.3) is 0 Å². The van der Waals surface area contributed by atoms with E-state index in [0.717, 1.165) is 18.7 Å². The molecule has 0 bridgehead atoms. The van der Waals surface area contributed by atoms with E-state index >= 15 is 0 Å². The lowest BCUT2D eigenvalue weighted by atomic mass is 10.1. The summed E-state index contributed by atoms with van der Waals surface area (Å²) in [5.41, 5.74) is 2.02. The first kappa shape index (κ1) is 16.3. The number of carbonyl (C=O) groups excluding carboxylic acids is 1. The molecule has 0 amide bonds. The third-order valence-electron chi connectivity index (χ3n) is 4.53. The zero-order chi connectivity index (χ0) is 16.1. The molecule has 1 saturated heterocycles. The minimum absolute atomic E-state index is 0.158. The van der Waals surface area contributed by atoms with Crippen molar-refractivity contribution in [2.75, 3.05) is 13.1 Å². The zero-order valence-corrected chi connectivity index (χ0v) is 14.3. The molecule has 0 spiro atoms. The fourth-order valence-corrected chi connectivity index (χ4v) is 4.35. The van der Waals surface area contributed by atoms with Crippen molar-refractivity contribution >= 4 is 16.9 Å². The van der Waals surface area contributed by atoms with E-state index in [1.807, 2.05) is 36.4 Å². The largest absolute Gasteiger partial charge is 0.299 e. The van der Waals surface area contributed by atoms with Crippen LogP contribution in [0.15, 0.2) is 60.7 Å². The van der Waals surface area contributed by atoms with Crippen molar-refractivity contribution in [3.05, 3.63) is 71.8 Å². The van der Waals surface area contributed by atoms with Gasteiger partial charge in [0.25, 0.3) is 0 Å². The van der Waals surface area contributed by atoms with Crippen molar-refractivity contribution in [1.29, 1.82) is 0 Å². The van der Waals surface area contributed by atoms with E-state index in [9.17, 15) is 4.79 Å². The quantitative estimate of drug-likeness (QED) is 0.788. The highest BCUT2D eigenvalue weighted by molar-refractivity contribution is 8.14. The molecule has 0 aliphatic carbocycles. The molecule has 120 valence electrons. The van der Waals surface area contributed by atoms with Gasteiger partial charge in [-0.2, -0.15) is 0 Å². The van der Waals surface area contributed by atoms with Crippen LogP contribution in [0.2, 0.25) is 0 Å². The number of carbonyl (C=O) groups is 1. The molecule has 1 heterocycles. The molecule has 0 N–H and O–H groups in total. The summed E-state index contributed by atoms with van der Waals surface area (Å²) >= 11 is 1.47. The van der Waals surface area contributed by atoms with Gasteiger partial charge in [0.05, 0.1) is 5.25 Å².